The molecule has 1 aromatic heterocycles. The van der Waals surface area contributed by atoms with E-state index in [1.54, 1.807) is 0 Å². The number of hydrogen-bond acceptors (Lipinski definition) is 4. The van der Waals surface area contributed by atoms with Crippen LogP contribution in [0.5, 0.6) is 0 Å². The Labute approximate surface area is 135 Å². The third kappa shape index (κ3) is 4.18. The zero-order chi connectivity index (χ0) is 14.5. The molecule has 4 nitrogen and oxygen atoms in total. The largest absolute Gasteiger partial charge is 0.354 e. The molecule has 106 valence electrons. The second-order valence-corrected chi connectivity index (χ2v) is 6.16. The maximum Gasteiger partial charge on any atom is 0.224 e. The van der Waals surface area contributed by atoms with Gasteiger partial charge >= 0.3 is 0 Å². The smallest absolute Gasteiger partial charge is 0.224 e. The van der Waals surface area contributed by atoms with Gasteiger partial charge in [-0.25, -0.2) is 4.98 Å². The van der Waals surface area contributed by atoms with Gasteiger partial charge in [-0.3, -0.25) is 0 Å². The first kappa shape index (κ1) is 15.3. The number of nitrogens with one attached hydrogen (secondary N) is 2. The molecule has 0 saturated heterocycles. The molecule has 0 aliphatic carbocycles. The Morgan fingerprint density at radius 3 is 2.70 bits per heavy atom. The zero-order valence-electron chi connectivity index (χ0n) is 11.4. The minimum atomic E-state index is 0.653. The second-order valence-electron chi connectivity index (χ2n) is 4.39. The Morgan fingerprint density at radius 1 is 1.15 bits per heavy atom. The Morgan fingerprint density at radius 2 is 1.95 bits per heavy atom. The van der Waals surface area contributed by atoms with Crippen LogP contribution in [0.25, 0.3) is 0 Å². The summed E-state index contributed by atoms with van der Waals surface area (Å²) >= 11 is 6.99. The summed E-state index contributed by atoms with van der Waals surface area (Å²) in [6.07, 6.45) is 1.04. The molecule has 2 aromatic rings. The summed E-state index contributed by atoms with van der Waals surface area (Å²) in [7, 11) is 0. The van der Waals surface area contributed by atoms with Gasteiger partial charge in [0.25, 0.3) is 0 Å². The molecule has 0 fully saturated rings. The van der Waals surface area contributed by atoms with Crippen LogP contribution in [-0.4, -0.2) is 16.5 Å². The normalized spacial score (nSPS) is 10.4. The van der Waals surface area contributed by atoms with Crippen LogP contribution in [0.3, 0.4) is 0 Å². The molecule has 0 atom stereocenters. The molecule has 0 unspecified atom stereocenters. The minimum absolute atomic E-state index is 0.653. The van der Waals surface area contributed by atoms with Gasteiger partial charge in [0, 0.05) is 27.3 Å². The van der Waals surface area contributed by atoms with Crippen molar-refractivity contribution in [2.45, 2.75) is 20.3 Å². The SMILES string of the molecule is CCCNc1nc(C)cc(Nc2cc(Br)ccc2Br)n1. The van der Waals surface area contributed by atoms with Crippen molar-refractivity contribution in [1.29, 1.82) is 0 Å². The molecule has 1 heterocycles. The van der Waals surface area contributed by atoms with Gasteiger partial charge in [0.05, 0.1) is 5.69 Å². The summed E-state index contributed by atoms with van der Waals surface area (Å²) < 4.78 is 2.00. The van der Waals surface area contributed by atoms with Crippen LogP contribution in [0.1, 0.15) is 19.0 Å². The third-order valence-corrected chi connectivity index (χ3v) is 3.76. The lowest BCUT2D eigenvalue weighted by molar-refractivity contribution is 0.947. The Bertz CT molecular complexity index is 602. The summed E-state index contributed by atoms with van der Waals surface area (Å²) in [4.78, 5) is 8.84. The average molecular weight is 400 g/mol. The number of anilines is 3. The van der Waals surface area contributed by atoms with E-state index in [2.05, 4.69) is 59.4 Å². The van der Waals surface area contributed by atoms with Crippen molar-refractivity contribution >= 4 is 49.3 Å². The predicted molar refractivity (Wildman–Crippen MR) is 90.7 cm³/mol. The third-order valence-electron chi connectivity index (χ3n) is 2.58. The number of halogens is 2. The lowest BCUT2D eigenvalue weighted by Crippen LogP contribution is -2.07. The molecule has 0 spiro atoms. The molecule has 0 saturated carbocycles. The molecular formula is C14H16Br2N4. The minimum Gasteiger partial charge on any atom is -0.354 e. The lowest BCUT2D eigenvalue weighted by Gasteiger charge is -2.11. The van der Waals surface area contributed by atoms with E-state index in [0.717, 1.165) is 39.1 Å². The van der Waals surface area contributed by atoms with Gasteiger partial charge < -0.3 is 10.6 Å². The fourth-order valence-corrected chi connectivity index (χ4v) is 2.39. The van der Waals surface area contributed by atoms with E-state index in [9.17, 15) is 0 Å². The van der Waals surface area contributed by atoms with Gasteiger partial charge in [0.15, 0.2) is 0 Å². The number of hydrogen-bond donors (Lipinski definition) is 2. The van der Waals surface area contributed by atoms with Crippen LogP contribution in [0.4, 0.5) is 17.5 Å². The monoisotopic (exact) mass is 398 g/mol. The second kappa shape index (κ2) is 7.04. The van der Waals surface area contributed by atoms with E-state index in [0.29, 0.717) is 5.95 Å². The van der Waals surface area contributed by atoms with E-state index >= 15 is 0 Å². The summed E-state index contributed by atoms with van der Waals surface area (Å²) in [5.41, 5.74) is 1.88. The van der Waals surface area contributed by atoms with Gasteiger partial charge in [0.1, 0.15) is 5.82 Å². The maximum atomic E-state index is 4.47. The number of nitrogens with zero attached hydrogens (tertiary/aromatic N) is 2. The molecule has 1 aromatic carbocycles. The quantitative estimate of drug-likeness (QED) is 0.752. The van der Waals surface area contributed by atoms with Gasteiger partial charge in [-0.2, -0.15) is 4.98 Å². The van der Waals surface area contributed by atoms with Crippen molar-refractivity contribution in [2.24, 2.45) is 0 Å². The van der Waals surface area contributed by atoms with Gasteiger partial charge in [-0.1, -0.05) is 22.9 Å². The predicted octanol–water partition coefficient (Wildman–Crippen LogP) is 4.88. The zero-order valence-corrected chi connectivity index (χ0v) is 14.5. The van der Waals surface area contributed by atoms with Crippen LogP contribution in [-0.2, 0) is 0 Å². The Balaban J connectivity index is 2.24. The molecule has 2 rings (SSSR count). The first-order valence-electron chi connectivity index (χ1n) is 6.40. The van der Waals surface area contributed by atoms with E-state index in [-0.39, 0.29) is 0 Å². The maximum absolute atomic E-state index is 4.47. The fraction of sp³-hybridized carbons (Fsp3) is 0.286. The van der Waals surface area contributed by atoms with E-state index in [1.165, 1.54) is 0 Å². The fourth-order valence-electron chi connectivity index (χ4n) is 1.68. The Hall–Kier alpha value is -1.14. The Kier molecular flexibility index (Phi) is 5.37. The standard InChI is InChI=1S/C14H16Br2N4/c1-3-6-17-14-18-9(2)7-13(20-14)19-12-8-10(15)4-5-11(12)16/h4-5,7-8H,3,6H2,1-2H3,(H2,17,18,19,20). The number of benzene rings is 1. The van der Waals surface area contributed by atoms with E-state index in [4.69, 9.17) is 0 Å². The van der Waals surface area contributed by atoms with Crippen molar-refractivity contribution in [3.8, 4) is 0 Å². The highest BCUT2D eigenvalue weighted by atomic mass is 79.9. The molecule has 0 radical (unpaired) electrons. The van der Waals surface area contributed by atoms with Crippen molar-refractivity contribution in [3.05, 3.63) is 38.9 Å². The molecule has 0 bridgehead atoms. The molecule has 0 aliphatic rings. The molecule has 2 N–H and O–H groups in total. The van der Waals surface area contributed by atoms with Crippen LogP contribution in [0.2, 0.25) is 0 Å². The molecule has 0 amide bonds. The van der Waals surface area contributed by atoms with Crippen LogP contribution in [0.15, 0.2) is 33.2 Å². The topological polar surface area (TPSA) is 49.8 Å². The molecule has 6 heteroatoms. The molecule has 0 aliphatic heterocycles. The first-order valence-corrected chi connectivity index (χ1v) is 7.98. The summed E-state index contributed by atoms with van der Waals surface area (Å²) in [5.74, 6) is 1.43. The van der Waals surface area contributed by atoms with Crippen molar-refractivity contribution < 1.29 is 0 Å². The lowest BCUT2D eigenvalue weighted by atomic mass is 10.3. The number of rotatable bonds is 5. The highest BCUT2D eigenvalue weighted by molar-refractivity contribution is 9.11. The molecular weight excluding hydrogens is 384 g/mol. The van der Waals surface area contributed by atoms with E-state index in [1.807, 2.05) is 31.2 Å². The number of aryl methyl sites for hydroxylation is 1. The first-order chi connectivity index (χ1) is 9.58. The highest BCUT2D eigenvalue weighted by Crippen LogP contribution is 2.28. The van der Waals surface area contributed by atoms with Crippen LogP contribution in [0, 0.1) is 6.92 Å². The van der Waals surface area contributed by atoms with Crippen molar-refractivity contribution in [1.82, 2.24) is 9.97 Å². The van der Waals surface area contributed by atoms with E-state index < -0.39 is 0 Å². The van der Waals surface area contributed by atoms with Crippen molar-refractivity contribution in [2.75, 3.05) is 17.2 Å². The summed E-state index contributed by atoms with van der Waals surface area (Å²) in [6.45, 7) is 4.93. The van der Waals surface area contributed by atoms with Gasteiger partial charge in [-0.05, 0) is 47.5 Å². The molecule has 20 heavy (non-hydrogen) atoms. The van der Waals surface area contributed by atoms with Gasteiger partial charge in [0.2, 0.25) is 5.95 Å². The van der Waals surface area contributed by atoms with Crippen molar-refractivity contribution in [3.63, 3.8) is 0 Å². The number of aromatic nitrogens is 2. The average Bonchev–Trinajstić information content (AvgIpc) is 2.40. The highest BCUT2D eigenvalue weighted by Gasteiger charge is 2.05. The van der Waals surface area contributed by atoms with Gasteiger partial charge in [-0.15, -0.1) is 0 Å². The summed E-state index contributed by atoms with van der Waals surface area (Å²) in [5, 5.41) is 6.51. The van der Waals surface area contributed by atoms with Crippen LogP contribution < -0.4 is 10.6 Å². The van der Waals surface area contributed by atoms with Crippen LogP contribution >= 0.6 is 31.9 Å². The summed E-state index contributed by atoms with van der Waals surface area (Å²) in [6, 6.07) is 7.89.